The van der Waals surface area contributed by atoms with Gasteiger partial charge in [0.2, 0.25) is 15.9 Å². The van der Waals surface area contributed by atoms with Gasteiger partial charge in [-0.05, 0) is 11.6 Å². The van der Waals surface area contributed by atoms with E-state index < -0.39 is 10.0 Å². The molecule has 1 heterocycles. The highest BCUT2D eigenvalue weighted by Crippen LogP contribution is 2.23. The zero-order valence-corrected chi connectivity index (χ0v) is 11.8. The summed E-state index contributed by atoms with van der Waals surface area (Å²) in [4.78, 5) is 13.5. The molecule has 2 N–H and O–H groups in total. The SMILES string of the molecule is NS(=O)(=O)CC1CC(=O)N(Cc2ccccc2Cl)C1. The standard InChI is InChI=1S/C12H15ClN2O3S/c13-11-4-2-1-3-10(11)7-15-6-9(5-12(15)16)8-19(14,17)18/h1-4,9H,5-8H2,(H2,14,17,18). The van der Waals surface area contributed by atoms with Crippen molar-refractivity contribution >= 4 is 27.5 Å². The van der Waals surface area contributed by atoms with Gasteiger partial charge in [0, 0.05) is 30.5 Å². The Kier molecular flexibility index (Phi) is 4.13. The Balaban J connectivity index is 2.03. The van der Waals surface area contributed by atoms with Gasteiger partial charge in [-0.3, -0.25) is 4.79 Å². The predicted octanol–water partition coefficient (Wildman–Crippen LogP) is 0.977. The summed E-state index contributed by atoms with van der Waals surface area (Å²) in [6.07, 6.45) is 0.223. The molecule has 1 amide bonds. The van der Waals surface area contributed by atoms with Crippen LogP contribution < -0.4 is 5.14 Å². The molecule has 0 aliphatic carbocycles. The minimum atomic E-state index is -3.54. The van der Waals surface area contributed by atoms with Crippen molar-refractivity contribution in [1.29, 1.82) is 0 Å². The Morgan fingerprint density at radius 1 is 1.37 bits per heavy atom. The number of likely N-dealkylation sites (tertiary alicyclic amines) is 1. The first kappa shape index (κ1) is 14.3. The second-order valence-corrected chi connectivity index (χ2v) is 6.83. The molecule has 1 saturated heterocycles. The number of rotatable bonds is 4. The van der Waals surface area contributed by atoms with Crippen molar-refractivity contribution in [3.63, 3.8) is 0 Å². The summed E-state index contributed by atoms with van der Waals surface area (Å²) in [5, 5.41) is 5.61. The maximum absolute atomic E-state index is 11.8. The van der Waals surface area contributed by atoms with Crippen molar-refractivity contribution in [2.75, 3.05) is 12.3 Å². The highest BCUT2D eigenvalue weighted by atomic mass is 35.5. The van der Waals surface area contributed by atoms with E-state index in [4.69, 9.17) is 16.7 Å². The minimum Gasteiger partial charge on any atom is -0.338 e. The Morgan fingerprint density at radius 2 is 2.05 bits per heavy atom. The average Bonchev–Trinajstić information content (AvgIpc) is 2.60. The summed E-state index contributed by atoms with van der Waals surface area (Å²) in [7, 11) is -3.54. The number of primary sulfonamides is 1. The number of halogens is 1. The lowest BCUT2D eigenvalue weighted by Crippen LogP contribution is -2.27. The Morgan fingerprint density at radius 3 is 2.68 bits per heavy atom. The molecule has 1 fully saturated rings. The van der Waals surface area contributed by atoms with Crippen LogP contribution in [0, 0.1) is 5.92 Å². The minimum absolute atomic E-state index is 0.0615. The van der Waals surface area contributed by atoms with Gasteiger partial charge < -0.3 is 4.90 Å². The lowest BCUT2D eigenvalue weighted by atomic mass is 10.1. The van der Waals surface area contributed by atoms with Gasteiger partial charge in [0.25, 0.3) is 0 Å². The van der Waals surface area contributed by atoms with Gasteiger partial charge in [-0.15, -0.1) is 0 Å². The van der Waals surface area contributed by atoms with Crippen LogP contribution in [-0.2, 0) is 21.4 Å². The summed E-state index contributed by atoms with van der Waals surface area (Å²) in [5.41, 5.74) is 0.855. The fourth-order valence-corrected chi connectivity index (χ4v) is 3.36. The number of benzene rings is 1. The summed E-state index contributed by atoms with van der Waals surface area (Å²) in [6.45, 7) is 0.806. The first-order chi connectivity index (χ1) is 8.85. The normalized spacial score (nSPS) is 20.0. The maximum atomic E-state index is 11.8. The molecule has 1 aliphatic rings. The van der Waals surface area contributed by atoms with Crippen LogP contribution in [0.15, 0.2) is 24.3 Å². The predicted molar refractivity (Wildman–Crippen MR) is 73.0 cm³/mol. The van der Waals surface area contributed by atoms with Gasteiger partial charge in [0.1, 0.15) is 0 Å². The van der Waals surface area contributed by atoms with Crippen molar-refractivity contribution < 1.29 is 13.2 Å². The van der Waals surface area contributed by atoms with Crippen LogP contribution >= 0.6 is 11.6 Å². The van der Waals surface area contributed by atoms with Crippen molar-refractivity contribution in [2.24, 2.45) is 11.1 Å². The highest BCUT2D eigenvalue weighted by molar-refractivity contribution is 7.89. The monoisotopic (exact) mass is 302 g/mol. The fraction of sp³-hybridized carbons (Fsp3) is 0.417. The molecular formula is C12H15ClN2O3S. The summed E-state index contributed by atoms with van der Waals surface area (Å²) < 4.78 is 22.1. The van der Waals surface area contributed by atoms with Crippen LogP contribution in [0.25, 0.3) is 0 Å². The molecule has 104 valence electrons. The molecule has 1 aliphatic heterocycles. The Labute approximate surface area is 117 Å². The van der Waals surface area contributed by atoms with Gasteiger partial charge in [-0.1, -0.05) is 29.8 Å². The molecular weight excluding hydrogens is 288 g/mol. The van der Waals surface area contributed by atoms with E-state index in [0.29, 0.717) is 18.1 Å². The van der Waals surface area contributed by atoms with Crippen molar-refractivity contribution in [3.8, 4) is 0 Å². The fourth-order valence-electron chi connectivity index (χ4n) is 2.28. The molecule has 19 heavy (non-hydrogen) atoms. The largest absolute Gasteiger partial charge is 0.338 e. The number of hydrogen-bond acceptors (Lipinski definition) is 3. The van der Waals surface area contributed by atoms with E-state index in [1.54, 1.807) is 11.0 Å². The molecule has 2 rings (SSSR count). The number of nitrogens with two attached hydrogens (primary N) is 1. The van der Waals surface area contributed by atoms with Gasteiger partial charge in [0.15, 0.2) is 0 Å². The zero-order chi connectivity index (χ0) is 14.0. The Bertz CT molecular complexity index is 588. The van der Waals surface area contributed by atoms with E-state index in [-0.39, 0.29) is 24.0 Å². The van der Waals surface area contributed by atoms with E-state index in [1.807, 2.05) is 18.2 Å². The topological polar surface area (TPSA) is 80.5 Å². The quantitative estimate of drug-likeness (QED) is 0.900. The van der Waals surface area contributed by atoms with E-state index in [0.717, 1.165) is 5.56 Å². The molecule has 0 bridgehead atoms. The third-order valence-corrected chi connectivity index (χ3v) is 4.39. The lowest BCUT2D eigenvalue weighted by molar-refractivity contribution is -0.128. The van der Waals surface area contributed by atoms with Crippen LogP contribution in [0.5, 0.6) is 0 Å². The lowest BCUT2D eigenvalue weighted by Gasteiger charge is -2.17. The molecule has 1 aromatic carbocycles. The van der Waals surface area contributed by atoms with Gasteiger partial charge in [-0.2, -0.15) is 0 Å². The molecule has 5 nitrogen and oxygen atoms in total. The second kappa shape index (κ2) is 5.48. The molecule has 1 atom stereocenters. The van der Waals surface area contributed by atoms with Crippen LogP contribution in [0.1, 0.15) is 12.0 Å². The summed E-state index contributed by atoms with van der Waals surface area (Å²) in [5.74, 6) is -0.448. The number of hydrogen-bond donors (Lipinski definition) is 1. The van der Waals surface area contributed by atoms with Crippen molar-refractivity contribution in [2.45, 2.75) is 13.0 Å². The number of amides is 1. The van der Waals surface area contributed by atoms with Crippen LogP contribution in [-0.4, -0.2) is 31.5 Å². The van der Waals surface area contributed by atoms with Crippen LogP contribution in [0.2, 0.25) is 5.02 Å². The number of carbonyl (C=O) groups excluding carboxylic acids is 1. The third-order valence-electron chi connectivity index (χ3n) is 3.08. The van der Waals surface area contributed by atoms with Gasteiger partial charge >= 0.3 is 0 Å². The number of sulfonamides is 1. The smallest absolute Gasteiger partial charge is 0.223 e. The van der Waals surface area contributed by atoms with Crippen LogP contribution in [0.4, 0.5) is 0 Å². The van der Waals surface area contributed by atoms with Gasteiger partial charge in [-0.25, -0.2) is 13.6 Å². The second-order valence-electron chi connectivity index (χ2n) is 4.77. The molecule has 0 radical (unpaired) electrons. The first-order valence-electron chi connectivity index (χ1n) is 5.87. The number of carbonyl (C=O) groups is 1. The zero-order valence-electron chi connectivity index (χ0n) is 10.3. The first-order valence-corrected chi connectivity index (χ1v) is 7.96. The van der Waals surface area contributed by atoms with Crippen molar-refractivity contribution in [1.82, 2.24) is 4.90 Å². The number of nitrogens with zero attached hydrogens (tertiary/aromatic N) is 1. The molecule has 7 heteroatoms. The molecule has 0 saturated carbocycles. The third kappa shape index (κ3) is 3.92. The summed E-state index contributed by atoms with van der Waals surface area (Å²) in [6, 6.07) is 7.28. The molecule has 0 aromatic heterocycles. The van der Waals surface area contributed by atoms with E-state index in [9.17, 15) is 13.2 Å². The average molecular weight is 303 g/mol. The summed E-state index contributed by atoms with van der Waals surface area (Å²) >= 11 is 6.04. The highest BCUT2D eigenvalue weighted by Gasteiger charge is 2.31. The van der Waals surface area contributed by atoms with E-state index in [2.05, 4.69) is 0 Å². The molecule has 0 spiro atoms. The van der Waals surface area contributed by atoms with E-state index >= 15 is 0 Å². The Hall–Kier alpha value is -1.11. The molecule has 1 aromatic rings. The van der Waals surface area contributed by atoms with Gasteiger partial charge in [0.05, 0.1) is 5.75 Å². The van der Waals surface area contributed by atoms with Crippen molar-refractivity contribution in [3.05, 3.63) is 34.9 Å². The van der Waals surface area contributed by atoms with Crippen LogP contribution in [0.3, 0.4) is 0 Å². The maximum Gasteiger partial charge on any atom is 0.223 e. The van der Waals surface area contributed by atoms with E-state index in [1.165, 1.54) is 0 Å². The molecule has 1 unspecified atom stereocenters.